The third kappa shape index (κ3) is 3.55. The SMILES string of the molecule is CC(C)(C)c1ccc(CO[C@@H]2CCNC2)cc1. The Labute approximate surface area is 104 Å². The van der Waals surface area contributed by atoms with Crippen molar-refractivity contribution in [2.45, 2.75) is 45.3 Å². The molecule has 1 aliphatic rings. The van der Waals surface area contributed by atoms with Gasteiger partial charge in [0.05, 0.1) is 12.7 Å². The van der Waals surface area contributed by atoms with Crippen molar-refractivity contribution in [3.63, 3.8) is 0 Å². The molecule has 0 unspecified atom stereocenters. The van der Waals surface area contributed by atoms with Gasteiger partial charge in [0.25, 0.3) is 0 Å². The first-order valence-corrected chi connectivity index (χ1v) is 6.47. The molecule has 2 rings (SSSR count). The van der Waals surface area contributed by atoms with Crippen molar-refractivity contribution in [3.05, 3.63) is 35.4 Å². The maximum Gasteiger partial charge on any atom is 0.0721 e. The molecule has 1 heterocycles. The van der Waals surface area contributed by atoms with E-state index in [0.29, 0.717) is 6.10 Å². The van der Waals surface area contributed by atoms with Gasteiger partial charge in [0.2, 0.25) is 0 Å². The normalized spacial score (nSPS) is 20.8. The van der Waals surface area contributed by atoms with Crippen LogP contribution in [0.15, 0.2) is 24.3 Å². The number of rotatable bonds is 3. The Morgan fingerprint density at radius 1 is 1.24 bits per heavy atom. The van der Waals surface area contributed by atoms with Crippen molar-refractivity contribution in [1.29, 1.82) is 0 Å². The molecule has 1 fully saturated rings. The highest BCUT2D eigenvalue weighted by Gasteiger charge is 2.15. The Bertz CT molecular complexity index is 344. The van der Waals surface area contributed by atoms with Gasteiger partial charge in [0, 0.05) is 6.54 Å². The van der Waals surface area contributed by atoms with Gasteiger partial charge in [-0.25, -0.2) is 0 Å². The Balaban J connectivity index is 1.89. The minimum absolute atomic E-state index is 0.231. The van der Waals surface area contributed by atoms with E-state index in [1.807, 2.05) is 0 Å². The number of ether oxygens (including phenoxy) is 1. The van der Waals surface area contributed by atoms with E-state index in [4.69, 9.17) is 4.74 Å². The minimum Gasteiger partial charge on any atom is -0.372 e. The molecule has 2 heteroatoms. The molecule has 0 saturated carbocycles. The highest BCUT2D eigenvalue weighted by Crippen LogP contribution is 2.22. The third-order valence-corrected chi connectivity index (χ3v) is 3.32. The van der Waals surface area contributed by atoms with Gasteiger partial charge >= 0.3 is 0 Å². The number of hydrogen-bond donors (Lipinski definition) is 1. The first-order valence-electron chi connectivity index (χ1n) is 6.47. The molecule has 0 aromatic heterocycles. The van der Waals surface area contributed by atoms with Gasteiger partial charge in [-0.2, -0.15) is 0 Å². The second-order valence-electron chi connectivity index (χ2n) is 5.87. The molecule has 1 aliphatic heterocycles. The van der Waals surface area contributed by atoms with Crippen molar-refractivity contribution in [1.82, 2.24) is 5.32 Å². The fraction of sp³-hybridized carbons (Fsp3) is 0.600. The lowest BCUT2D eigenvalue weighted by Crippen LogP contribution is -2.16. The van der Waals surface area contributed by atoms with Crippen LogP contribution in [0.1, 0.15) is 38.3 Å². The predicted octanol–water partition coefficient (Wildman–Crippen LogP) is 2.86. The van der Waals surface area contributed by atoms with Gasteiger partial charge < -0.3 is 10.1 Å². The molecule has 1 aromatic rings. The van der Waals surface area contributed by atoms with Gasteiger partial charge in [-0.3, -0.25) is 0 Å². The molecule has 0 bridgehead atoms. The molecule has 1 N–H and O–H groups in total. The molecule has 1 aromatic carbocycles. The molecule has 0 aliphatic carbocycles. The van der Waals surface area contributed by atoms with Gasteiger partial charge in [-0.15, -0.1) is 0 Å². The lowest BCUT2D eigenvalue weighted by atomic mass is 9.87. The predicted molar refractivity (Wildman–Crippen MR) is 71.2 cm³/mol. The van der Waals surface area contributed by atoms with E-state index in [1.165, 1.54) is 11.1 Å². The summed E-state index contributed by atoms with van der Waals surface area (Å²) in [6, 6.07) is 8.79. The Kier molecular flexibility index (Phi) is 3.85. The molecule has 17 heavy (non-hydrogen) atoms. The summed E-state index contributed by atoms with van der Waals surface area (Å²) in [6.45, 7) is 9.54. The van der Waals surface area contributed by atoms with E-state index >= 15 is 0 Å². The van der Waals surface area contributed by atoms with E-state index in [9.17, 15) is 0 Å². The Hall–Kier alpha value is -0.860. The first kappa shape index (κ1) is 12.6. The lowest BCUT2D eigenvalue weighted by molar-refractivity contribution is 0.0542. The molecular weight excluding hydrogens is 210 g/mol. The summed E-state index contributed by atoms with van der Waals surface area (Å²) in [4.78, 5) is 0. The highest BCUT2D eigenvalue weighted by atomic mass is 16.5. The summed E-state index contributed by atoms with van der Waals surface area (Å²) >= 11 is 0. The van der Waals surface area contributed by atoms with Crippen LogP contribution < -0.4 is 5.32 Å². The second-order valence-corrected chi connectivity index (χ2v) is 5.87. The zero-order valence-corrected chi connectivity index (χ0v) is 11.1. The van der Waals surface area contributed by atoms with E-state index in [0.717, 1.165) is 26.1 Å². The van der Waals surface area contributed by atoms with Gasteiger partial charge in [0.1, 0.15) is 0 Å². The maximum atomic E-state index is 5.85. The Morgan fingerprint density at radius 2 is 1.94 bits per heavy atom. The summed E-state index contributed by atoms with van der Waals surface area (Å²) in [5.41, 5.74) is 2.88. The number of nitrogens with one attached hydrogen (secondary N) is 1. The summed E-state index contributed by atoms with van der Waals surface area (Å²) in [5, 5.41) is 3.31. The summed E-state index contributed by atoms with van der Waals surface area (Å²) in [5.74, 6) is 0. The van der Waals surface area contributed by atoms with E-state index in [2.05, 4.69) is 50.4 Å². The van der Waals surface area contributed by atoms with Crippen LogP contribution >= 0.6 is 0 Å². The van der Waals surface area contributed by atoms with Gasteiger partial charge in [-0.1, -0.05) is 45.0 Å². The standard InChI is InChI=1S/C15H23NO/c1-15(2,3)13-6-4-12(5-7-13)11-17-14-8-9-16-10-14/h4-7,14,16H,8-11H2,1-3H3/t14-/m1/s1. The quantitative estimate of drug-likeness (QED) is 0.867. The monoisotopic (exact) mass is 233 g/mol. The average Bonchev–Trinajstić information content (AvgIpc) is 2.78. The third-order valence-electron chi connectivity index (χ3n) is 3.32. The van der Waals surface area contributed by atoms with E-state index in [1.54, 1.807) is 0 Å². The van der Waals surface area contributed by atoms with Gasteiger partial charge in [-0.05, 0) is 29.5 Å². The summed E-state index contributed by atoms with van der Waals surface area (Å²) in [7, 11) is 0. The van der Waals surface area contributed by atoms with Crippen LogP contribution in [0.3, 0.4) is 0 Å². The van der Waals surface area contributed by atoms with Crippen molar-refractivity contribution < 1.29 is 4.74 Å². The molecule has 2 nitrogen and oxygen atoms in total. The van der Waals surface area contributed by atoms with Crippen LogP contribution in [-0.4, -0.2) is 19.2 Å². The maximum absolute atomic E-state index is 5.85. The van der Waals surface area contributed by atoms with Crippen LogP contribution in [0.5, 0.6) is 0 Å². The molecule has 1 saturated heterocycles. The largest absolute Gasteiger partial charge is 0.372 e. The molecule has 0 radical (unpaired) electrons. The smallest absolute Gasteiger partial charge is 0.0721 e. The second kappa shape index (κ2) is 5.19. The molecular formula is C15H23NO. The average molecular weight is 233 g/mol. The van der Waals surface area contributed by atoms with Crippen LogP contribution in [0.25, 0.3) is 0 Å². The molecule has 0 amide bonds. The summed E-state index contributed by atoms with van der Waals surface area (Å²) in [6.07, 6.45) is 1.54. The van der Waals surface area contributed by atoms with E-state index < -0.39 is 0 Å². The Morgan fingerprint density at radius 3 is 2.47 bits per heavy atom. The zero-order chi connectivity index (χ0) is 12.3. The fourth-order valence-corrected chi connectivity index (χ4v) is 2.09. The fourth-order valence-electron chi connectivity index (χ4n) is 2.09. The van der Waals surface area contributed by atoms with Crippen molar-refractivity contribution in [3.8, 4) is 0 Å². The van der Waals surface area contributed by atoms with Crippen LogP contribution in [0.4, 0.5) is 0 Å². The molecule has 94 valence electrons. The molecule has 0 spiro atoms. The van der Waals surface area contributed by atoms with E-state index in [-0.39, 0.29) is 5.41 Å². The van der Waals surface area contributed by atoms with Crippen LogP contribution in [0, 0.1) is 0 Å². The summed E-state index contributed by atoms with van der Waals surface area (Å²) < 4.78 is 5.85. The number of benzene rings is 1. The first-order chi connectivity index (χ1) is 8.05. The lowest BCUT2D eigenvalue weighted by Gasteiger charge is -2.19. The van der Waals surface area contributed by atoms with Crippen molar-refractivity contribution >= 4 is 0 Å². The number of hydrogen-bond acceptors (Lipinski definition) is 2. The van der Waals surface area contributed by atoms with Crippen molar-refractivity contribution in [2.24, 2.45) is 0 Å². The zero-order valence-electron chi connectivity index (χ0n) is 11.1. The topological polar surface area (TPSA) is 21.3 Å². The van der Waals surface area contributed by atoms with Crippen molar-refractivity contribution in [2.75, 3.05) is 13.1 Å². The highest BCUT2D eigenvalue weighted by molar-refractivity contribution is 5.27. The van der Waals surface area contributed by atoms with Gasteiger partial charge in [0.15, 0.2) is 0 Å². The van der Waals surface area contributed by atoms with Crippen LogP contribution in [-0.2, 0) is 16.8 Å². The minimum atomic E-state index is 0.231. The van der Waals surface area contributed by atoms with Crippen LogP contribution in [0.2, 0.25) is 0 Å². The molecule has 1 atom stereocenters.